The van der Waals surface area contributed by atoms with Crippen LogP contribution in [0.1, 0.15) is 51.7 Å². The molecule has 0 saturated heterocycles. The van der Waals surface area contributed by atoms with Crippen molar-refractivity contribution in [3.8, 4) is 0 Å². The molecule has 0 amide bonds. The summed E-state index contributed by atoms with van der Waals surface area (Å²) in [5.74, 6) is -0.240. The maximum atomic E-state index is 13.2. The molecule has 2 nitrogen and oxygen atoms in total. The lowest BCUT2D eigenvalue weighted by atomic mass is 9.87. The summed E-state index contributed by atoms with van der Waals surface area (Å²) in [5, 5.41) is 0. The smallest absolute Gasteiger partial charge is 0.175 e. The fourth-order valence-corrected chi connectivity index (χ4v) is 3.97. The number of hydrogen-bond donors (Lipinski definition) is 0. The summed E-state index contributed by atoms with van der Waals surface area (Å²) in [5.41, 5.74) is 4.63. The molecule has 26 heavy (non-hydrogen) atoms. The van der Waals surface area contributed by atoms with Crippen molar-refractivity contribution in [3.05, 3.63) is 65.5 Å². The first-order chi connectivity index (χ1) is 12.2. The monoisotopic (exact) mass is 374 g/mol. The number of sulfone groups is 1. The first-order valence-electron chi connectivity index (χ1n) is 8.94. The maximum Gasteiger partial charge on any atom is 0.175 e. The van der Waals surface area contributed by atoms with Gasteiger partial charge in [-0.25, -0.2) is 12.8 Å². The predicted octanol–water partition coefficient (Wildman–Crippen LogP) is 5.99. The van der Waals surface area contributed by atoms with Crippen molar-refractivity contribution in [2.24, 2.45) is 5.41 Å². The molecule has 4 heteroatoms. The summed E-state index contributed by atoms with van der Waals surface area (Å²) in [6.07, 6.45) is 3.05. The lowest BCUT2D eigenvalue weighted by Crippen LogP contribution is -2.05. The highest BCUT2D eigenvalue weighted by Gasteiger charge is 2.31. The van der Waals surface area contributed by atoms with Gasteiger partial charge in [0, 0.05) is 6.26 Å². The zero-order valence-corrected chi connectivity index (χ0v) is 17.0. The summed E-state index contributed by atoms with van der Waals surface area (Å²) in [6.45, 7) is 8.43. The molecule has 0 bridgehead atoms. The summed E-state index contributed by atoms with van der Waals surface area (Å²) < 4.78 is 36.5. The fraction of sp³-hybridized carbons (Fsp3) is 0.364. The maximum absolute atomic E-state index is 13.2. The van der Waals surface area contributed by atoms with Crippen molar-refractivity contribution in [2.45, 2.75) is 45.4 Å². The van der Waals surface area contributed by atoms with Gasteiger partial charge in [-0.3, -0.25) is 0 Å². The number of halogens is 1. The molecule has 0 heterocycles. The van der Waals surface area contributed by atoms with Crippen molar-refractivity contribution < 1.29 is 12.8 Å². The van der Waals surface area contributed by atoms with E-state index in [0.29, 0.717) is 4.90 Å². The summed E-state index contributed by atoms with van der Waals surface area (Å²) in [4.78, 5) is 0.326. The van der Waals surface area contributed by atoms with Crippen molar-refractivity contribution in [2.75, 3.05) is 6.26 Å². The number of hydrogen-bond acceptors (Lipinski definition) is 2. The van der Waals surface area contributed by atoms with E-state index >= 15 is 0 Å². The first kappa shape index (κ1) is 20.4. The Morgan fingerprint density at radius 2 is 1.19 bits per heavy atom. The Morgan fingerprint density at radius 1 is 0.808 bits per heavy atom. The minimum Gasteiger partial charge on any atom is -0.224 e. The molecule has 0 N–H and O–H groups in total. The quantitative estimate of drug-likeness (QED) is 0.661. The van der Waals surface area contributed by atoms with Gasteiger partial charge in [0.1, 0.15) is 5.82 Å². The third kappa shape index (κ3) is 4.61. The van der Waals surface area contributed by atoms with Crippen LogP contribution in [-0.2, 0) is 9.84 Å². The van der Waals surface area contributed by atoms with Crippen LogP contribution < -0.4 is 0 Å². The highest BCUT2D eigenvalue weighted by atomic mass is 32.2. The molecule has 0 spiro atoms. The molecule has 140 valence electrons. The van der Waals surface area contributed by atoms with Crippen LogP contribution in [0.3, 0.4) is 0 Å². The standard InChI is InChI=1S/C20H21FO2S.C2H6/c1-20(2)12-18(14-4-8-16(21)9-5-14)19(13-20)15-6-10-17(11-7-15)24(3,22)23;1-2/h4-11H,12-13H2,1-3H3;1-2H3. The Hall–Kier alpha value is -1.94. The van der Waals surface area contributed by atoms with Gasteiger partial charge in [0.05, 0.1) is 4.90 Å². The molecule has 0 unspecified atom stereocenters. The van der Waals surface area contributed by atoms with Crippen molar-refractivity contribution in [1.29, 1.82) is 0 Å². The van der Waals surface area contributed by atoms with E-state index in [9.17, 15) is 12.8 Å². The van der Waals surface area contributed by atoms with E-state index in [2.05, 4.69) is 13.8 Å². The highest BCUT2D eigenvalue weighted by Crippen LogP contribution is 2.49. The van der Waals surface area contributed by atoms with Crippen LogP contribution in [-0.4, -0.2) is 14.7 Å². The van der Waals surface area contributed by atoms with Crippen LogP contribution in [0.4, 0.5) is 4.39 Å². The average molecular weight is 375 g/mol. The second kappa shape index (κ2) is 7.75. The summed E-state index contributed by atoms with van der Waals surface area (Å²) in [6, 6.07) is 13.7. The Kier molecular flexibility index (Phi) is 6.07. The second-order valence-electron chi connectivity index (χ2n) is 7.28. The minimum atomic E-state index is -3.19. The van der Waals surface area contributed by atoms with E-state index in [0.717, 1.165) is 24.0 Å². The SMILES string of the molecule is CC.CC1(C)CC(c2ccc(F)cc2)=C(c2ccc(S(C)(=O)=O)cc2)C1. The molecule has 3 rings (SSSR count). The zero-order valence-electron chi connectivity index (χ0n) is 16.1. The van der Waals surface area contributed by atoms with Crippen LogP contribution in [0.15, 0.2) is 53.4 Å². The first-order valence-corrected chi connectivity index (χ1v) is 10.8. The van der Waals surface area contributed by atoms with E-state index in [-0.39, 0.29) is 11.2 Å². The molecule has 0 saturated carbocycles. The number of rotatable bonds is 3. The van der Waals surface area contributed by atoms with Crippen LogP contribution in [0.2, 0.25) is 0 Å². The summed E-state index contributed by atoms with van der Waals surface area (Å²) in [7, 11) is -3.19. The van der Waals surface area contributed by atoms with Crippen LogP contribution in [0.25, 0.3) is 11.1 Å². The third-order valence-corrected chi connectivity index (χ3v) is 5.63. The second-order valence-corrected chi connectivity index (χ2v) is 9.29. The number of allylic oxidation sites excluding steroid dienone is 2. The van der Waals surface area contributed by atoms with E-state index in [1.54, 1.807) is 12.1 Å². The van der Waals surface area contributed by atoms with Gasteiger partial charge in [-0.2, -0.15) is 0 Å². The van der Waals surface area contributed by atoms with Gasteiger partial charge in [0.2, 0.25) is 0 Å². The van der Waals surface area contributed by atoms with Gasteiger partial charge in [-0.15, -0.1) is 0 Å². The Bertz CT molecular complexity index is 890. The highest BCUT2D eigenvalue weighted by molar-refractivity contribution is 7.90. The lowest BCUT2D eigenvalue weighted by Gasteiger charge is -2.17. The van der Waals surface area contributed by atoms with E-state index in [1.165, 1.54) is 29.5 Å². The van der Waals surface area contributed by atoms with E-state index < -0.39 is 9.84 Å². The van der Waals surface area contributed by atoms with E-state index in [1.807, 2.05) is 38.1 Å². The van der Waals surface area contributed by atoms with Crippen LogP contribution in [0.5, 0.6) is 0 Å². The Labute approximate surface area is 156 Å². The van der Waals surface area contributed by atoms with Crippen molar-refractivity contribution in [3.63, 3.8) is 0 Å². The Balaban J connectivity index is 0.00000117. The topological polar surface area (TPSA) is 34.1 Å². The third-order valence-electron chi connectivity index (χ3n) is 4.50. The lowest BCUT2D eigenvalue weighted by molar-refractivity contribution is 0.406. The summed E-state index contributed by atoms with van der Waals surface area (Å²) >= 11 is 0. The van der Waals surface area contributed by atoms with Gasteiger partial charge in [-0.05, 0) is 64.8 Å². The normalized spacial score (nSPS) is 16.2. The van der Waals surface area contributed by atoms with Crippen molar-refractivity contribution >= 4 is 21.0 Å². The predicted molar refractivity (Wildman–Crippen MR) is 107 cm³/mol. The van der Waals surface area contributed by atoms with Gasteiger partial charge in [0.25, 0.3) is 0 Å². The zero-order chi connectivity index (χ0) is 19.5. The van der Waals surface area contributed by atoms with Gasteiger partial charge < -0.3 is 0 Å². The average Bonchev–Trinajstić information content (AvgIpc) is 2.92. The molecule has 1 aliphatic rings. The molecule has 2 aromatic carbocycles. The largest absolute Gasteiger partial charge is 0.224 e. The molecule has 0 aromatic heterocycles. The Morgan fingerprint density at radius 3 is 1.58 bits per heavy atom. The molecule has 1 aliphatic carbocycles. The van der Waals surface area contributed by atoms with Crippen molar-refractivity contribution in [1.82, 2.24) is 0 Å². The molecule has 0 atom stereocenters. The fourth-order valence-electron chi connectivity index (χ4n) is 3.34. The molecule has 0 fully saturated rings. The minimum absolute atomic E-state index is 0.133. The number of benzene rings is 2. The molecular formula is C22H27FO2S. The van der Waals surface area contributed by atoms with E-state index in [4.69, 9.17) is 0 Å². The molecular weight excluding hydrogens is 347 g/mol. The van der Waals surface area contributed by atoms with Gasteiger partial charge in [-0.1, -0.05) is 52.0 Å². The molecule has 0 radical (unpaired) electrons. The van der Waals surface area contributed by atoms with Gasteiger partial charge in [0.15, 0.2) is 9.84 Å². The van der Waals surface area contributed by atoms with Crippen LogP contribution >= 0.6 is 0 Å². The van der Waals surface area contributed by atoms with Crippen LogP contribution in [0, 0.1) is 11.2 Å². The van der Waals surface area contributed by atoms with Gasteiger partial charge >= 0.3 is 0 Å². The molecule has 0 aliphatic heterocycles. The molecule has 2 aromatic rings.